The predicted molar refractivity (Wildman–Crippen MR) is 49.2 cm³/mol. The molecule has 6 heteroatoms. The molecule has 1 rings (SSSR count). The maximum Gasteiger partial charge on any atom is 0.307 e. The zero-order valence-corrected chi connectivity index (χ0v) is 8.03. The van der Waals surface area contributed by atoms with Crippen LogP contribution in [-0.4, -0.2) is 27.1 Å². The van der Waals surface area contributed by atoms with Crippen LogP contribution >= 0.6 is 11.3 Å². The van der Waals surface area contributed by atoms with E-state index in [2.05, 4.69) is 4.98 Å². The first-order valence-corrected chi connectivity index (χ1v) is 4.85. The van der Waals surface area contributed by atoms with E-state index < -0.39 is 17.9 Å². The summed E-state index contributed by atoms with van der Waals surface area (Å²) in [5.74, 6) is -3.09. The monoisotopic (exact) mass is 215 g/mol. The number of hydrogen-bond acceptors (Lipinski definition) is 4. The van der Waals surface area contributed by atoms with Crippen LogP contribution < -0.4 is 0 Å². The minimum Gasteiger partial charge on any atom is -0.481 e. The van der Waals surface area contributed by atoms with Gasteiger partial charge in [0.2, 0.25) is 0 Å². The van der Waals surface area contributed by atoms with Gasteiger partial charge in [-0.1, -0.05) is 0 Å². The SMILES string of the molecule is O=C(O)CC(Cc1cscn1)C(=O)O. The molecule has 0 radical (unpaired) electrons. The second-order valence-electron chi connectivity index (χ2n) is 2.82. The lowest BCUT2D eigenvalue weighted by atomic mass is 10.0. The molecule has 0 aliphatic carbocycles. The molecule has 1 unspecified atom stereocenters. The van der Waals surface area contributed by atoms with Crippen molar-refractivity contribution in [1.82, 2.24) is 4.98 Å². The molecule has 1 atom stereocenters. The van der Waals surface area contributed by atoms with E-state index in [1.54, 1.807) is 10.9 Å². The Morgan fingerprint density at radius 2 is 2.21 bits per heavy atom. The van der Waals surface area contributed by atoms with Crippen LogP contribution in [-0.2, 0) is 16.0 Å². The van der Waals surface area contributed by atoms with Crippen molar-refractivity contribution >= 4 is 23.3 Å². The van der Waals surface area contributed by atoms with E-state index in [-0.39, 0.29) is 12.8 Å². The van der Waals surface area contributed by atoms with E-state index in [4.69, 9.17) is 10.2 Å². The highest BCUT2D eigenvalue weighted by Gasteiger charge is 2.21. The molecule has 0 aliphatic rings. The highest BCUT2D eigenvalue weighted by Crippen LogP contribution is 2.12. The average molecular weight is 215 g/mol. The van der Waals surface area contributed by atoms with Crippen LogP contribution in [0.25, 0.3) is 0 Å². The number of carboxylic acids is 2. The first-order valence-electron chi connectivity index (χ1n) is 3.91. The summed E-state index contributed by atoms with van der Waals surface area (Å²) in [5, 5.41) is 18.9. The first kappa shape index (κ1) is 10.6. The Morgan fingerprint density at radius 1 is 1.50 bits per heavy atom. The van der Waals surface area contributed by atoms with Crippen molar-refractivity contribution in [2.75, 3.05) is 0 Å². The van der Waals surface area contributed by atoms with Gasteiger partial charge in [0.15, 0.2) is 0 Å². The number of thiazole rings is 1. The van der Waals surface area contributed by atoms with Crippen molar-refractivity contribution in [2.24, 2.45) is 5.92 Å². The fourth-order valence-electron chi connectivity index (χ4n) is 1.05. The number of rotatable bonds is 5. The fourth-order valence-corrected chi connectivity index (χ4v) is 1.62. The predicted octanol–water partition coefficient (Wildman–Crippen LogP) is 0.861. The molecule has 5 nitrogen and oxygen atoms in total. The summed E-state index contributed by atoms with van der Waals surface area (Å²) in [4.78, 5) is 24.9. The highest BCUT2D eigenvalue weighted by molar-refractivity contribution is 7.07. The van der Waals surface area contributed by atoms with Gasteiger partial charge in [-0.15, -0.1) is 11.3 Å². The van der Waals surface area contributed by atoms with E-state index in [9.17, 15) is 9.59 Å². The highest BCUT2D eigenvalue weighted by atomic mass is 32.1. The molecule has 1 heterocycles. The minimum atomic E-state index is -1.10. The van der Waals surface area contributed by atoms with Gasteiger partial charge in [-0.05, 0) is 0 Å². The van der Waals surface area contributed by atoms with Gasteiger partial charge in [0.05, 0.1) is 23.5 Å². The summed E-state index contributed by atoms with van der Waals surface area (Å²) in [6.07, 6.45) is -0.196. The maximum atomic E-state index is 10.7. The third-order valence-corrected chi connectivity index (χ3v) is 2.34. The number of carboxylic acid groups (broad SMARTS) is 2. The number of nitrogens with zero attached hydrogens (tertiary/aromatic N) is 1. The molecule has 0 aliphatic heterocycles. The fraction of sp³-hybridized carbons (Fsp3) is 0.375. The zero-order valence-electron chi connectivity index (χ0n) is 7.21. The lowest BCUT2D eigenvalue weighted by molar-refractivity contribution is -0.148. The summed E-state index contributed by atoms with van der Waals surface area (Å²) < 4.78 is 0. The molecular weight excluding hydrogens is 206 g/mol. The molecule has 0 amide bonds. The van der Waals surface area contributed by atoms with Gasteiger partial charge in [-0.3, -0.25) is 9.59 Å². The summed E-state index contributed by atoms with van der Waals surface area (Å²) in [5.41, 5.74) is 2.22. The lowest BCUT2D eigenvalue weighted by Crippen LogP contribution is -2.20. The standard InChI is InChI=1S/C8H9NO4S/c10-7(11)2-5(8(12)13)1-6-3-14-4-9-6/h3-5H,1-2H2,(H,10,11)(H,12,13). The van der Waals surface area contributed by atoms with Crippen LogP contribution in [0, 0.1) is 5.92 Å². The molecule has 14 heavy (non-hydrogen) atoms. The van der Waals surface area contributed by atoms with E-state index in [1.165, 1.54) is 11.3 Å². The van der Waals surface area contributed by atoms with Gasteiger partial charge in [0.1, 0.15) is 0 Å². The van der Waals surface area contributed by atoms with Gasteiger partial charge < -0.3 is 10.2 Å². The zero-order chi connectivity index (χ0) is 10.6. The van der Waals surface area contributed by atoms with Gasteiger partial charge in [0.25, 0.3) is 0 Å². The van der Waals surface area contributed by atoms with Crippen molar-refractivity contribution in [3.8, 4) is 0 Å². The second-order valence-corrected chi connectivity index (χ2v) is 3.54. The second kappa shape index (κ2) is 4.71. The lowest BCUT2D eigenvalue weighted by Gasteiger charge is -2.06. The average Bonchev–Trinajstić information content (AvgIpc) is 2.54. The van der Waals surface area contributed by atoms with Gasteiger partial charge in [-0.25, -0.2) is 4.98 Å². The summed E-state index contributed by atoms with van der Waals surface area (Å²) in [7, 11) is 0. The number of hydrogen-bond donors (Lipinski definition) is 2. The molecule has 0 spiro atoms. The van der Waals surface area contributed by atoms with Crippen LogP contribution in [0.15, 0.2) is 10.9 Å². The Kier molecular flexibility index (Phi) is 3.58. The maximum absolute atomic E-state index is 10.7. The third kappa shape index (κ3) is 3.14. The Labute approximate surface area is 84.0 Å². The normalized spacial score (nSPS) is 12.3. The van der Waals surface area contributed by atoms with Crippen LogP contribution in [0.4, 0.5) is 0 Å². The summed E-state index contributed by atoms with van der Waals surface area (Å²) in [6.45, 7) is 0. The third-order valence-electron chi connectivity index (χ3n) is 1.71. The van der Waals surface area contributed by atoms with Crippen molar-refractivity contribution in [2.45, 2.75) is 12.8 Å². The van der Waals surface area contributed by atoms with E-state index in [0.29, 0.717) is 5.69 Å². The molecule has 0 saturated heterocycles. The van der Waals surface area contributed by atoms with Crippen LogP contribution in [0.2, 0.25) is 0 Å². The minimum absolute atomic E-state index is 0.172. The Morgan fingerprint density at radius 3 is 2.64 bits per heavy atom. The van der Waals surface area contributed by atoms with Crippen molar-refractivity contribution in [3.63, 3.8) is 0 Å². The Hall–Kier alpha value is -1.43. The van der Waals surface area contributed by atoms with Gasteiger partial charge in [-0.2, -0.15) is 0 Å². The quantitative estimate of drug-likeness (QED) is 0.760. The summed E-state index contributed by atoms with van der Waals surface area (Å²) in [6, 6.07) is 0. The molecular formula is C8H9NO4S. The molecule has 1 aromatic rings. The van der Waals surface area contributed by atoms with E-state index in [0.717, 1.165) is 0 Å². The van der Waals surface area contributed by atoms with E-state index in [1.807, 2.05) is 0 Å². The van der Waals surface area contributed by atoms with Gasteiger partial charge in [0, 0.05) is 11.8 Å². The van der Waals surface area contributed by atoms with Crippen LogP contribution in [0.3, 0.4) is 0 Å². The molecule has 1 aromatic heterocycles. The smallest absolute Gasteiger partial charge is 0.307 e. The number of carbonyl (C=O) groups is 2. The van der Waals surface area contributed by atoms with Crippen LogP contribution in [0.1, 0.15) is 12.1 Å². The molecule has 0 bridgehead atoms. The summed E-state index contributed by atoms with van der Waals surface area (Å²) >= 11 is 1.36. The van der Waals surface area contributed by atoms with Crippen LogP contribution in [0.5, 0.6) is 0 Å². The van der Waals surface area contributed by atoms with E-state index >= 15 is 0 Å². The van der Waals surface area contributed by atoms with Gasteiger partial charge >= 0.3 is 11.9 Å². The van der Waals surface area contributed by atoms with Crippen molar-refractivity contribution < 1.29 is 19.8 Å². The molecule has 0 saturated carbocycles. The molecule has 0 fully saturated rings. The molecule has 2 N–H and O–H groups in total. The first-order chi connectivity index (χ1) is 6.59. The number of aromatic nitrogens is 1. The van der Waals surface area contributed by atoms with Crippen molar-refractivity contribution in [3.05, 3.63) is 16.6 Å². The number of aliphatic carboxylic acids is 2. The molecule has 76 valence electrons. The largest absolute Gasteiger partial charge is 0.481 e. The Bertz CT molecular complexity index is 322. The Balaban J connectivity index is 2.60. The van der Waals surface area contributed by atoms with Crippen molar-refractivity contribution in [1.29, 1.82) is 0 Å². The topological polar surface area (TPSA) is 87.5 Å². The molecule has 0 aromatic carbocycles.